The Labute approximate surface area is 184 Å². The van der Waals surface area contributed by atoms with E-state index >= 15 is 0 Å². The van der Waals surface area contributed by atoms with Gasteiger partial charge in [0.05, 0.1) is 16.6 Å². The molecule has 1 N–H and O–H groups in total. The lowest BCUT2D eigenvalue weighted by atomic mass is 10.1. The second-order valence-electron chi connectivity index (χ2n) is 8.18. The summed E-state index contributed by atoms with van der Waals surface area (Å²) in [6.07, 6.45) is 2.52. The fourth-order valence-corrected chi connectivity index (χ4v) is 3.80. The zero-order valence-electron chi connectivity index (χ0n) is 18.1. The van der Waals surface area contributed by atoms with Gasteiger partial charge in [-0.3, -0.25) is 14.2 Å². The smallest absolute Gasteiger partial charge is 0.336 e. The zero-order chi connectivity index (χ0) is 23.0. The van der Waals surface area contributed by atoms with Crippen molar-refractivity contribution in [2.24, 2.45) is 13.0 Å². The second kappa shape index (κ2) is 8.23. The van der Waals surface area contributed by atoms with Crippen LogP contribution in [0.5, 0.6) is 0 Å². The van der Waals surface area contributed by atoms with Crippen molar-refractivity contribution in [3.8, 4) is 17.5 Å². The van der Waals surface area contributed by atoms with Gasteiger partial charge in [0.1, 0.15) is 6.54 Å². The largest absolute Gasteiger partial charge is 0.480 e. The Morgan fingerprint density at radius 1 is 1.06 bits per heavy atom. The van der Waals surface area contributed by atoms with Gasteiger partial charge in [-0.2, -0.15) is 0 Å². The predicted octanol–water partition coefficient (Wildman–Crippen LogP) is 3.13. The molecule has 32 heavy (non-hydrogen) atoms. The van der Waals surface area contributed by atoms with Crippen LogP contribution in [-0.2, 0) is 18.4 Å². The van der Waals surface area contributed by atoms with Gasteiger partial charge in [-0.1, -0.05) is 43.9 Å². The number of aryl methyl sites for hydroxylation is 1. The summed E-state index contributed by atoms with van der Waals surface area (Å²) in [6.45, 7) is 3.42. The maximum atomic E-state index is 13.3. The van der Waals surface area contributed by atoms with E-state index in [1.54, 1.807) is 24.4 Å². The number of nitrogens with zero attached hydrogens (tertiary/aromatic N) is 3. The third-order valence-electron chi connectivity index (χ3n) is 5.29. The Morgan fingerprint density at radius 3 is 2.53 bits per heavy atom. The molecular formula is C25H23N3O4. The summed E-state index contributed by atoms with van der Waals surface area (Å²) in [4.78, 5) is 37.9. The summed E-state index contributed by atoms with van der Waals surface area (Å²) in [5.74, 6) is 5.31. The normalized spacial score (nSPS) is 11.1. The molecule has 2 aromatic carbocycles. The molecule has 0 aliphatic rings. The van der Waals surface area contributed by atoms with Crippen LogP contribution in [0.1, 0.15) is 25.8 Å². The summed E-state index contributed by atoms with van der Waals surface area (Å²) in [6, 6.07) is 12.7. The third-order valence-corrected chi connectivity index (χ3v) is 5.29. The van der Waals surface area contributed by atoms with E-state index in [2.05, 4.69) is 25.7 Å². The van der Waals surface area contributed by atoms with Gasteiger partial charge in [0.25, 0.3) is 5.56 Å². The van der Waals surface area contributed by atoms with Gasteiger partial charge in [-0.25, -0.2) is 9.36 Å². The molecule has 0 aliphatic heterocycles. The van der Waals surface area contributed by atoms with Crippen LogP contribution in [0.3, 0.4) is 0 Å². The van der Waals surface area contributed by atoms with E-state index < -0.39 is 23.8 Å². The highest BCUT2D eigenvalue weighted by atomic mass is 16.4. The van der Waals surface area contributed by atoms with Gasteiger partial charge in [0.15, 0.2) is 0 Å². The van der Waals surface area contributed by atoms with E-state index in [-0.39, 0.29) is 5.39 Å². The number of aliphatic carboxylic acids is 1. The van der Waals surface area contributed by atoms with E-state index in [0.29, 0.717) is 22.7 Å². The lowest BCUT2D eigenvalue weighted by molar-refractivity contribution is -0.137. The van der Waals surface area contributed by atoms with E-state index in [1.165, 1.54) is 4.57 Å². The second-order valence-corrected chi connectivity index (χ2v) is 8.18. The first kappa shape index (κ1) is 21.2. The number of rotatable bonds is 4. The maximum Gasteiger partial charge on any atom is 0.336 e. The number of carbonyl (C=O) groups is 1. The molecule has 0 bridgehead atoms. The minimum absolute atomic E-state index is 0.245. The van der Waals surface area contributed by atoms with Gasteiger partial charge >= 0.3 is 11.7 Å². The van der Waals surface area contributed by atoms with Crippen molar-refractivity contribution in [2.45, 2.75) is 26.8 Å². The number of hydrogen-bond acceptors (Lipinski definition) is 3. The van der Waals surface area contributed by atoms with Crippen molar-refractivity contribution in [1.29, 1.82) is 0 Å². The maximum absolute atomic E-state index is 13.3. The number of fused-ring (bicyclic) bond motifs is 2. The number of para-hydroxylation sites is 1. The molecule has 0 amide bonds. The topological polar surface area (TPSA) is 86.2 Å². The van der Waals surface area contributed by atoms with E-state index in [4.69, 9.17) is 0 Å². The molecule has 2 aromatic heterocycles. The highest BCUT2D eigenvalue weighted by Crippen LogP contribution is 2.25. The molecule has 0 saturated heterocycles. The van der Waals surface area contributed by atoms with E-state index in [0.717, 1.165) is 21.9 Å². The molecule has 4 rings (SSSR count). The molecule has 7 heteroatoms. The Hall–Kier alpha value is -4.05. The standard InChI is InChI=1S/C25H23N3O4/c1-16(2)7-6-8-17-11-12-21-19(13-17)24(31)27(15-23(29)30)25(32)28(21)22-14-26(3)20-10-5-4-9-18(20)22/h4-5,9-14,16H,7,15H2,1-3H3,(H,29,30). The molecule has 4 aromatic rings. The molecule has 0 atom stereocenters. The molecule has 0 unspecified atom stereocenters. The van der Waals surface area contributed by atoms with Crippen LogP contribution >= 0.6 is 0 Å². The molecular weight excluding hydrogens is 406 g/mol. The number of benzene rings is 2. The van der Waals surface area contributed by atoms with Crippen LogP contribution in [0, 0.1) is 17.8 Å². The number of hydrogen-bond donors (Lipinski definition) is 1. The molecule has 7 nitrogen and oxygen atoms in total. The third kappa shape index (κ3) is 3.71. The van der Waals surface area contributed by atoms with Crippen LogP contribution in [0.15, 0.2) is 58.3 Å². The fraction of sp³-hybridized carbons (Fsp3) is 0.240. The predicted molar refractivity (Wildman–Crippen MR) is 124 cm³/mol. The Kier molecular flexibility index (Phi) is 5.45. The number of carboxylic acid groups (broad SMARTS) is 1. The summed E-state index contributed by atoms with van der Waals surface area (Å²) in [5, 5.41) is 10.4. The Morgan fingerprint density at radius 2 is 1.81 bits per heavy atom. The first-order chi connectivity index (χ1) is 15.3. The van der Waals surface area contributed by atoms with Crippen molar-refractivity contribution in [2.75, 3.05) is 0 Å². The van der Waals surface area contributed by atoms with Crippen molar-refractivity contribution < 1.29 is 9.90 Å². The fourth-order valence-electron chi connectivity index (χ4n) is 3.80. The molecule has 0 saturated carbocycles. The van der Waals surface area contributed by atoms with Gasteiger partial charge < -0.3 is 9.67 Å². The van der Waals surface area contributed by atoms with Crippen LogP contribution in [0.25, 0.3) is 27.5 Å². The van der Waals surface area contributed by atoms with Gasteiger partial charge in [-0.05, 0) is 30.2 Å². The monoisotopic (exact) mass is 429 g/mol. The highest BCUT2D eigenvalue weighted by molar-refractivity contribution is 5.92. The van der Waals surface area contributed by atoms with Crippen LogP contribution in [0.4, 0.5) is 0 Å². The molecule has 162 valence electrons. The van der Waals surface area contributed by atoms with Gasteiger partial charge in [0, 0.05) is 36.1 Å². The van der Waals surface area contributed by atoms with Crippen molar-refractivity contribution >= 4 is 27.8 Å². The van der Waals surface area contributed by atoms with Crippen LogP contribution in [0.2, 0.25) is 0 Å². The average molecular weight is 429 g/mol. The van der Waals surface area contributed by atoms with Crippen LogP contribution < -0.4 is 11.2 Å². The Bertz CT molecular complexity index is 1540. The van der Waals surface area contributed by atoms with Gasteiger partial charge in [0.2, 0.25) is 0 Å². The highest BCUT2D eigenvalue weighted by Gasteiger charge is 2.19. The lowest BCUT2D eigenvalue weighted by Gasteiger charge is -2.13. The quantitative estimate of drug-likeness (QED) is 0.505. The number of carboxylic acids is 1. The zero-order valence-corrected chi connectivity index (χ0v) is 18.1. The molecule has 2 heterocycles. The minimum Gasteiger partial charge on any atom is -0.480 e. The lowest BCUT2D eigenvalue weighted by Crippen LogP contribution is -2.41. The minimum atomic E-state index is -1.26. The first-order valence-electron chi connectivity index (χ1n) is 10.3. The van der Waals surface area contributed by atoms with E-state index in [1.807, 2.05) is 35.9 Å². The van der Waals surface area contributed by atoms with E-state index in [9.17, 15) is 19.5 Å². The summed E-state index contributed by atoms with van der Waals surface area (Å²) in [7, 11) is 1.87. The first-order valence-corrected chi connectivity index (χ1v) is 10.3. The number of aromatic nitrogens is 3. The van der Waals surface area contributed by atoms with Gasteiger partial charge in [-0.15, -0.1) is 0 Å². The molecule has 0 radical (unpaired) electrons. The summed E-state index contributed by atoms with van der Waals surface area (Å²) >= 11 is 0. The molecule has 0 aliphatic carbocycles. The molecule has 0 spiro atoms. The van der Waals surface area contributed by atoms with Crippen molar-refractivity contribution in [3.63, 3.8) is 0 Å². The Balaban J connectivity index is 2.07. The summed E-state index contributed by atoms with van der Waals surface area (Å²) in [5.41, 5.74) is 1.20. The van der Waals surface area contributed by atoms with Crippen molar-refractivity contribution in [1.82, 2.24) is 13.7 Å². The summed E-state index contributed by atoms with van der Waals surface area (Å²) < 4.78 is 4.06. The SMILES string of the molecule is CC(C)CC#Cc1ccc2c(c1)c(=O)n(CC(=O)O)c(=O)n2-c1cn(C)c2ccccc12. The van der Waals surface area contributed by atoms with Crippen LogP contribution in [-0.4, -0.2) is 24.8 Å². The average Bonchev–Trinajstić information content (AvgIpc) is 3.08. The van der Waals surface area contributed by atoms with Crippen molar-refractivity contribution in [3.05, 3.63) is 75.1 Å². The molecule has 0 fully saturated rings.